The minimum atomic E-state index is 0.0930. The van der Waals surface area contributed by atoms with Gasteiger partial charge in [-0.05, 0) is 0 Å². The van der Waals surface area contributed by atoms with E-state index in [1.807, 2.05) is 13.0 Å². The van der Waals surface area contributed by atoms with Gasteiger partial charge in [0.2, 0.25) is 0 Å². The SMILES string of the molecule is CC(=O)Cc1cc(C)[o+][se]1. The van der Waals surface area contributed by atoms with E-state index in [1.165, 1.54) is 0 Å². The number of hydrogen-bond acceptors (Lipinski definition) is 1. The van der Waals surface area contributed by atoms with Gasteiger partial charge in [0, 0.05) is 0 Å². The van der Waals surface area contributed by atoms with Gasteiger partial charge in [0.05, 0.1) is 0 Å². The summed E-state index contributed by atoms with van der Waals surface area (Å²) >= 11 is 0.0930. The van der Waals surface area contributed by atoms with E-state index in [2.05, 4.69) is 0 Å². The van der Waals surface area contributed by atoms with Crippen LogP contribution < -0.4 is 0 Å². The fraction of sp³-hybridized carbons (Fsp3) is 0.429. The standard InChI is InChI=1S/C7H9O2Se/c1-5(8)3-7-4-6(2)9-10-7/h4H,3H2,1-2H3/q+1. The molecule has 0 aromatic carbocycles. The summed E-state index contributed by atoms with van der Waals surface area (Å²) in [5.41, 5.74) is 0. The number of carbonyl (C=O) groups excluding carboxylic acids is 1. The minimum absolute atomic E-state index is 0.0930. The second-order valence-corrected chi connectivity index (χ2v) is 4.07. The molecule has 0 unspecified atom stereocenters. The van der Waals surface area contributed by atoms with Crippen molar-refractivity contribution in [2.75, 3.05) is 0 Å². The molecule has 0 saturated carbocycles. The molecule has 1 aromatic heterocycles. The number of rotatable bonds is 2. The molecule has 0 radical (unpaired) electrons. The predicted octanol–water partition coefficient (Wildman–Crippen LogP) is 1.06. The Bertz CT molecular complexity index is 240. The summed E-state index contributed by atoms with van der Waals surface area (Å²) in [5, 5.41) is 0. The van der Waals surface area contributed by atoms with Gasteiger partial charge in [-0.3, -0.25) is 0 Å². The van der Waals surface area contributed by atoms with E-state index < -0.39 is 0 Å². The van der Waals surface area contributed by atoms with E-state index in [1.54, 1.807) is 6.92 Å². The Morgan fingerprint density at radius 3 is 2.90 bits per heavy atom. The summed E-state index contributed by atoms with van der Waals surface area (Å²) in [5.74, 6) is 1.16. The van der Waals surface area contributed by atoms with Crippen LogP contribution in [-0.2, 0) is 11.2 Å². The van der Waals surface area contributed by atoms with E-state index in [0.29, 0.717) is 6.42 Å². The first kappa shape index (κ1) is 7.70. The van der Waals surface area contributed by atoms with Crippen molar-refractivity contribution in [3.05, 3.63) is 16.3 Å². The Balaban J connectivity index is 2.67. The van der Waals surface area contributed by atoms with Crippen molar-refractivity contribution >= 4 is 20.6 Å². The Morgan fingerprint density at radius 2 is 2.50 bits per heavy atom. The molecular weight excluding hydrogens is 195 g/mol. The number of hydrogen-bond donors (Lipinski definition) is 0. The van der Waals surface area contributed by atoms with Crippen molar-refractivity contribution in [3.63, 3.8) is 0 Å². The second-order valence-electron chi connectivity index (χ2n) is 2.27. The molecule has 0 bridgehead atoms. The van der Waals surface area contributed by atoms with Crippen molar-refractivity contribution in [1.82, 2.24) is 0 Å². The van der Waals surface area contributed by atoms with Crippen LogP contribution in [0.1, 0.15) is 17.1 Å². The molecule has 2 nitrogen and oxygen atoms in total. The van der Waals surface area contributed by atoms with Gasteiger partial charge in [-0.1, -0.05) is 0 Å². The van der Waals surface area contributed by atoms with Crippen molar-refractivity contribution in [2.45, 2.75) is 20.3 Å². The molecule has 1 aromatic rings. The molecule has 0 aliphatic carbocycles. The van der Waals surface area contributed by atoms with Crippen LogP contribution in [0, 0.1) is 6.92 Å². The quantitative estimate of drug-likeness (QED) is 0.532. The molecule has 0 aliphatic rings. The second kappa shape index (κ2) is 3.13. The van der Waals surface area contributed by atoms with Gasteiger partial charge in [-0.2, -0.15) is 0 Å². The first-order valence-electron chi connectivity index (χ1n) is 3.06. The van der Waals surface area contributed by atoms with Crippen LogP contribution in [0.25, 0.3) is 0 Å². The van der Waals surface area contributed by atoms with E-state index in [9.17, 15) is 4.79 Å². The van der Waals surface area contributed by atoms with Gasteiger partial charge in [-0.15, -0.1) is 0 Å². The van der Waals surface area contributed by atoms with Crippen molar-refractivity contribution in [2.24, 2.45) is 0 Å². The van der Waals surface area contributed by atoms with Crippen molar-refractivity contribution in [3.8, 4) is 0 Å². The number of carbonyl (C=O) groups is 1. The van der Waals surface area contributed by atoms with Gasteiger partial charge in [-0.25, -0.2) is 0 Å². The molecule has 0 aliphatic heterocycles. The van der Waals surface area contributed by atoms with Crippen LogP contribution in [0.4, 0.5) is 0 Å². The Hall–Kier alpha value is -0.401. The molecule has 54 valence electrons. The summed E-state index contributed by atoms with van der Waals surface area (Å²) < 4.78 is 6.35. The third kappa shape index (κ3) is 2.08. The monoisotopic (exact) mass is 205 g/mol. The summed E-state index contributed by atoms with van der Waals surface area (Å²) in [6.45, 7) is 3.51. The van der Waals surface area contributed by atoms with Crippen LogP contribution in [0.15, 0.2) is 9.55 Å². The Morgan fingerprint density at radius 1 is 1.80 bits per heavy atom. The third-order valence-corrected chi connectivity index (χ3v) is 2.79. The molecule has 0 fully saturated rings. The molecule has 0 amide bonds. The zero-order valence-electron chi connectivity index (χ0n) is 6.01. The average molecular weight is 204 g/mol. The molecule has 1 heterocycles. The zero-order valence-corrected chi connectivity index (χ0v) is 7.72. The average Bonchev–Trinajstić information content (AvgIpc) is 2.13. The Kier molecular flexibility index (Phi) is 2.41. The normalized spacial score (nSPS) is 9.80. The van der Waals surface area contributed by atoms with Gasteiger partial charge >= 0.3 is 65.4 Å². The first-order chi connectivity index (χ1) is 4.68. The summed E-state index contributed by atoms with van der Waals surface area (Å²) in [7, 11) is 0. The first-order valence-corrected chi connectivity index (χ1v) is 4.62. The Labute approximate surface area is 66.0 Å². The van der Waals surface area contributed by atoms with Crippen LogP contribution in [-0.4, -0.2) is 20.6 Å². The van der Waals surface area contributed by atoms with Gasteiger partial charge in [0.1, 0.15) is 0 Å². The predicted molar refractivity (Wildman–Crippen MR) is 39.2 cm³/mol. The zero-order chi connectivity index (χ0) is 7.56. The molecule has 10 heavy (non-hydrogen) atoms. The van der Waals surface area contributed by atoms with Crippen molar-refractivity contribution < 1.29 is 8.28 Å². The maximum atomic E-state index is 10.6. The molecular formula is C7H9O2Se+. The van der Waals surface area contributed by atoms with E-state index in [-0.39, 0.29) is 20.6 Å². The number of Topliss-reactive ketones (excluding diaryl/α,β-unsaturated/α-hetero) is 1. The fourth-order valence-electron chi connectivity index (χ4n) is 0.720. The molecule has 0 saturated heterocycles. The summed E-state index contributed by atoms with van der Waals surface area (Å²) in [4.78, 5) is 10.6. The number of ketones is 1. The van der Waals surface area contributed by atoms with Gasteiger partial charge < -0.3 is 0 Å². The summed E-state index contributed by atoms with van der Waals surface area (Å²) in [6, 6.07) is 1.96. The van der Waals surface area contributed by atoms with E-state index in [4.69, 9.17) is 3.48 Å². The van der Waals surface area contributed by atoms with Crippen LogP contribution in [0.3, 0.4) is 0 Å². The molecule has 0 spiro atoms. The van der Waals surface area contributed by atoms with Crippen LogP contribution in [0.5, 0.6) is 0 Å². The molecule has 0 atom stereocenters. The van der Waals surface area contributed by atoms with Crippen LogP contribution in [0.2, 0.25) is 0 Å². The van der Waals surface area contributed by atoms with Crippen LogP contribution >= 0.6 is 0 Å². The topological polar surface area (TPSA) is 28.4 Å². The number of aryl methyl sites for hydroxylation is 1. The van der Waals surface area contributed by atoms with Gasteiger partial charge in [0.25, 0.3) is 0 Å². The fourth-order valence-corrected chi connectivity index (χ4v) is 2.32. The molecule has 0 N–H and O–H groups in total. The van der Waals surface area contributed by atoms with E-state index >= 15 is 0 Å². The maximum absolute atomic E-state index is 10.6. The van der Waals surface area contributed by atoms with Crippen molar-refractivity contribution in [1.29, 1.82) is 0 Å². The van der Waals surface area contributed by atoms with E-state index in [0.717, 1.165) is 10.2 Å². The molecule has 3 heteroatoms. The van der Waals surface area contributed by atoms with Gasteiger partial charge in [0.15, 0.2) is 0 Å². The third-order valence-electron chi connectivity index (χ3n) is 1.07. The molecule has 1 rings (SSSR count). The summed E-state index contributed by atoms with van der Waals surface area (Å²) in [6.07, 6.45) is 0.567.